The van der Waals surface area contributed by atoms with Crippen molar-refractivity contribution >= 4 is 0 Å². The van der Waals surface area contributed by atoms with Gasteiger partial charge in [-0.15, -0.1) is 0 Å². The first-order valence-electron chi connectivity index (χ1n) is 6.57. The lowest BCUT2D eigenvalue weighted by molar-refractivity contribution is 0.113. The van der Waals surface area contributed by atoms with E-state index in [1.807, 2.05) is 0 Å². The van der Waals surface area contributed by atoms with Crippen molar-refractivity contribution in [3.8, 4) is 0 Å². The van der Waals surface area contributed by atoms with Gasteiger partial charge < -0.3 is 10.5 Å². The number of ether oxygens (including phenoxy) is 1. The molecular formula is C14H20F2N2O. The molecule has 1 atom stereocenters. The third-order valence-electron chi connectivity index (χ3n) is 3.53. The van der Waals surface area contributed by atoms with E-state index < -0.39 is 17.7 Å². The number of methoxy groups -OCH3 is 1. The average Bonchev–Trinajstić information content (AvgIpc) is 3.21. The van der Waals surface area contributed by atoms with Crippen LogP contribution < -0.4 is 5.73 Å². The molecular weight excluding hydrogens is 250 g/mol. The maximum absolute atomic E-state index is 13.9. The molecule has 0 bridgehead atoms. The Morgan fingerprint density at radius 1 is 1.37 bits per heavy atom. The summed E-state index contributed by atoms with van der Waals surface area (Å²) in [6, 6.07) is 3.87. The SMILES string of the molecule is COCCN(C1CC1)C(CN)c1c(F)cccc1F. The maximum atomic E-state index is 13.9. The fourth-order valence-electron chi connectivity index (χ4n) is 2.44. The maximum Gasteiger partial charge on any atom is 0.130 e. The van der Waals surface area contributed by atoms with Crippen LogP contribution in [-0.2, 0) is 4.74 Å². The zero-order valence-corrected chi connectivity index (χ0v) is 11.1. The minimum Gasteiger partial charge on any atom is -0.383 e. The summed E-state index contributed by atoms with van der Waals surface area (Å²) in [5.41, 5.74) is 5.84. The summed E-state index contributed by atoms with van der Waals surface area (Å²) in [6.45, 7) is 1.36. The van der Waals surface area contributed by atoms with Crippen LogP contribution in [0, 0.1) is 11.6 Å². The van der Waals surface area contributed by atoms with Gasteiger partial charge in [-0.2, -0.15) is 0 Å². The molecule has 3 nitrogen and oxygen atoms in total. The summed E-state index contributed by atoms with van der Waals surface area (Å²) in [6.07, 6.45) is 2.10. The second-order valence-electron chi connectivity index (χ2n) is 4.85. The Labute approximate surface area is 112 Å². The molecule has 0 saturated heterocycles. The highest BCUT2D eigenvalue weighted by atomic mass is 19.1. The molecule has 0 aliphatic heterocycles. The third kappa shape index (κ3) is 3.29. The molecule has 2 N–H and O–H groups in total. The first-order chi connectivity index (χ1) is 9.19. The largest absolute Gasteiger partial charge is 0.383 e. The minimum absolute atomic E-state index is 0.0769. The highest BCUT2D eigenvalue weighted by Crippen LogP contribution is 2.35. The fourth-order valence-corrected chi connectivity index (χ4v) is 2.44. The zero-order chi connectivity index (χ0) is 13.8. The lowest BCUT2D eigenvalue weighted by Crippen LogP contribution is -2.38. The van der Waals surface area contributed by atoms with Crippen molar-refractivity contribution in [3.63, 3.8) is 0 Å². The molecule has 0 spiro atoms. The van der Waals surface area contributed by atoms with Gasteiger partial charge in [-0.25, -0.2) is 8.78 Å². The van der Waals surface area contributed by atoms with Gasteiger partial charge in [-0.1, -0.05) is 6.07 Å². The van der Waals surface area contributed by atoms with Gasteiger partial charge in [0.15, 0.2) is 0 Å². The summed E-state index contributed by atoms with van der Waals surface area (Å²) in [5, 5.41) is 0. The summed E-state index contributed by atoms with van der Waals surface area (Å²) in [7, 11) is 1.62. The molecule has 19 heavy (non-hydrogen) atoms. The van der Waals surface area contributed by atoms with Crippen molar-refractivity contribution in [2.45, 2.75) is 24.9 Å². The predicted molar refractivity (Wildman–Crippen MR) is 69.8 cm³/mol. The number of halogens is 2. The molecule has 0 heterocycles. The number of hydrogen-bond acceptors (Lipinski definition) is 3. The van der Waals surface area contributed by atoms with Gasteiger partial charge in [0.2, 0.25) is 0 Å². The van der Waals surface area contributed by atoms with Crippen LogP contribution in [0.3, 0.4) is 0 Å². The van der Waals surface area contributed by atoms with E-state index >= 15 is 0 Å². The van der Waals surface area contributed by atoms with Gasteiger partial charge in [0.25, 0.3) is 0 Å². The normalized spacial score (nSPS) is 16.9. The summed E-state index contributed by atoms with van der Waals surface area (Å²) in [4.78, 5) is 2.06. The molecule has 1 aliphatic carbocycles. The van der Waals surface area contributed by atoms with Gasteiger partial charge in [-0.05, 0) is 25.0 Å². The molecule has 1 aromatic carbocycles. The molecule has 0 amide bonds. The van der Waals surface area contributed by atoms with Crippen molar-refractivity contribution in [2.24, 2.45) is 5.73 Å². The topological polar surface area (TPSA) is 38.5 Å². The van der Waals surface area contributed by atoms with Crippen LogP contribution in [0.5, 0.6) is 0 Å². The van der Waals surface area contributed by atoms with Crippen LogP contribution in [0.15, 0.2) is 18.2 Å². The fraction of sp³-hybridized carbons (Fsp3) is 0.571. The highest BCUT2D eigenvalue weighted by Gasteiger charge is 2.35. The van der Waals surface area contributed by atoms with Crippen molar-refractivity contribution in [1.29, 1.82) is 0 Å². The Kier molecular flexibility index (Phi) is 4.85. The molecule has 0 radical (unpaired) electrons. The van der Waals surface area contributed by atoms with Crippen molar-refractivity contribution in [2.75, 3.05) is 26.8 Å². The van der Waals surface area contributed by atoms with Crippen LogP contribution in [0.2, 0.25) is 0 Å². The minimum atomic E-state index is -0.529. The van der Waals surface area contributed by atoms with Crippen molar-refractivity contribution in [3.05, 3.63) is 35.4 Å². The molecule has 1 aliphatic rings. The van der Waals surface area contributed by atoms with Crippen LogP contribution in [0.4, 0.5) is 8.78 Å². The van der Waals surface area contributed by atoms with Gasteiger partial charge in [0.1, 0.15) is 11.6 Å². The third-order valence-corrected chi connectivity index (χ3v) is 3.53. The molecule has 1 unspecified atom stereocenters. The van der Waals surface area contributed by atoms with E-state index in [9.17, 15) is 8.78 Å². The standard InChI is InChI=1S/C14H20F2N2O/c1-19-8-7-18(10-5-6-10)13(9-17)14-11(15)3-2-4-12(14)16/h2-4,10,13H,5-9,17H2,1H3. The molecule has 106 valence electrons. The van der Waals surface area contributed by atoms with E-state index in [0.717, 1.165) is 12.8 Å². The van der Waals surface area contributed by atoms with E-state index in [-0.39, 0.29) is 12.1 Å². The first-order valence-corrected chi connectivity index (χ1v) is 6.57. The Bertz CT molecular complexity index is 404. The Hall–Kier alpha value is -1.04. The number of rotatable bonds is 7. The molecule has 1 aromatic rings. The number of nitrogens with two attached hydrogens (primary N) is 1. The molecule has 1 saturated carbocycles. The van der Waals surface area contributed by atoms with Gasteiger partial charge >= 0.3 is 0 Å². The van der Waals surface area contributed by atoms with Crippen molar-refractivity contribution < 1.29 is 13.5 Å². The van der Waals surface area contributed by atoms with Crippen LogP contribution in [0.1, 0.15) is 24.4 Å². The Morgan fingerprint density at radius 2 is 2.00 bits per heavy atom. The van der Waals surface area contributed by atoms with E-state index in [1.54, 1.807) is 7.11 Å². The van der Waals surface area contributed by atoms with Crippen LogP contribution in [-0.4, -0.2) is 37.7 Å². The van der Waals surface area contributed by atoms with Crippen molar-refractivity contribution in [1.82, 2.24) is 4.90 Å². The number of benzene rings is 1. The zero-order valence-electron chi connectivity index (χ0n) is 11.1. The van der Waals surface area contributed by atoms with E-state index in [1.165, 1.54) is 18.2 Å². The summed E-state index contributed by atoms with van der Waals surface area (Å²) < 4.78 is 32.9. The van der Waals surface area contributed by atoms with Gasteiger partial charge in [0.05, 0.1) is 12.6 Å². The van der Waals surface area contributed by atoms with E-state index in [4.69, 9.17) is 10.5 Å². The number of hydrogen-bond donors (Lipinski definition) is 1. The quantitative estimate of drug-likeness (QED) is 0.824. The monoisotopic (exact) mass is 270 g/mol. The highest BCUT2D eigenvalue weighted by molar-refractivity contribution is 5.24. The Morgan fingerprint density at radius 3 is 2.47 bits per heavy atom. The van der Waals surface area contributed by atoms with Crippen LogP contribution >= 0.6 is 0 Å². The molecule has 0 aromatic heterocycles. The second kappa shape index (κ2) is 6.41. The Balaban J connectivity index is 2.25. The second-order valence-corrected chi connectivity index (χ2v) is 4.85. The lowest BCUT2D eigenvalue weighted by Gasteiger charge is -2.31. The summed E-state index contributed by atoms with van der Waals surface area (Å²) >= 11 is 0. The lowest BCUT2D eigenvalue weighted by atomic mass is 10.0. The van der Waals surface area contributed by atoms with E-state index in [2.05, 4.69) is 4.90 Å². The molecule has 1 fully saturated rings. The molecule has 2 rings (SSSR count). The van der Waals surface area contributed by atoms with Crippen LogP contribution in [0.25, 0.3) is 0 Å². The smallest absolute Gasteiger partial charge is 0.130 e. The average molecular weight is 270 g/mol. The van der Waals surface area contributed by atoms with Gasteiger partial charge in [-0.3, -0.25) is 4.90 Å². The number of nitrogens with zero attached hydrogens (tertiary/aromatic N) is 1. The first kappa shape index (κ1) is 14.4. The van der Waals surface area contributed by atoms with E-state index in [0.29, 0.717) is 19.2 Å². The summed E-state index contributed by atoms with van der Waals surface area (Å²) in [5.74, 6) is -1.06. The van der Waals surface area contributed by atoms with Gasteiger partial charge in [0, 0.05) is 31.8 Å². The predicted octanol–water partition coefficient (Wildman–Crippen LogP) is 2.08. The molecule has 5 heteroatoms.